The molecule has 3 aromatic rings. The van der Waals surface area contributed by atoms with Crippen LogP contribution >= 0.6 is 0 Å². The maximum atomic E-state index is 14.0. The fourth-order valence-electron chi connectivity index (χ4n) is 3.42. The highest BCUT2D eigenvalue weighted by Crippen LogP contribution is 2.27. The van der Waals surface area contributed by atoms with Gasteiger partial charge in [0.1, 0.15) is 23.5 Å². The normalized spacial score (nSPS) is 15.6. The Balaban J connectivity index is 1.55. The summed E-state index contributed by atoms with van der Waals surface area (Å²) in [5.41, 5.74) is 1.97. The van der Waals surface area contributed by atoms with Gasteiger partial charge in [-0.25, -0.2) is 23.1 Å². The second kappa shape index (κ2) is 8.17. The number of hydrogen-bond acceptors (Lipinski definition) is 4. The highest BCUT2D eigenvalue weighted by Gasteiger charge is 2.28. The van der Waals surface area contributed by atoms with Gasteiger partial charge in [-0.2, -0.15) is 0 Å². The van der Waals surface area contributed by atoms with Gasteiger partial charge in [-0.1, -0.05) is 0 Å². The molecule has 0 aliphatic carbocycles. The van der Waals surface area contributed by atoms with Crippen molar-refractivity contribution in [2.75, 3.05) is 5.32 Å². The maximum Gasteiger partial charge on any atom is 0.289 e. The maximum absolute atomic E-state index is 14.0. The van der Waals surface area contributed by atoms with Crippen molar-refractivity contribution in [2.45, 2.75) is 25.8 Å². The second-order valence-corrected chi connectivity index (χ2v) is 7.21. The summed E-state index contributed by atoms with van der Waals surface area (Å²) in [7, 11) is 0. The topological polar surface area (TPSA) is 84.0 Å². The van der Waals surface area contributed by atoms with Crippen LogP contribution in [0, 0.1) is 24.4 Å². The molecule has 31 heavy (non-hydrogen) atoms. The predicted octanol–water partition coefficient (Wildman–Crippen LogP) is 3.55. The molecule has 2 N–H and O–H groups in total. The van der Waals surface area contributed by atoms with E-state index in [9.17, 15) is 22.8 Å². The van der Waals surface area contributed by atoms with Crippen molar-refractivity contribution in [1.29, 1.82) is 0 Å². The third-order valence-corrected chi connectivity index (χ3v) is 5.00. The van der Waals surface area contributed by atoms with Gasteiger partial charge in [-0.15, -0.1) is 0 Å². The number of aryl methyl sites for hydroxylation is 2. The molecule has 9 heteroatoms. The molecular formula is C22H17F3N4O2. The van der Waals surface area contributed by atoms with Crippen LogP contribution < -0.4 is 10.6 Å². The molecule has 1 aliphatic heterocycles. The Labute approximate surface area is 175 Å². The highest BCUT2D eigenvalue weighted by atomic mass is 19.1. The SMILES string of the molecule is Cc1cnc(C(=O)N[C@H]2CCc3cc(F)cc(F)c3NC2=O)nc1-c1ccc(F)cc1. The zero-order valence-electron chi connectivity index (χ0n) is 16.4. The van der Waals surface area contributed by atoms with Crippen LogP contribution in [0.2, 0.25) is 0 Å². The summed E-state index contributed by atoms with van der Waals surface area (Å²) in [6.45, 7) is 1.75. The molecule has 0 bridgehead atoms. The van der Waals surface area contributed by atoms with E-state index >= 15 is 0 Å². The van der Waals surface area contributed by atoms with E-state index in [1.807, 2.05) is 0 Å². The summed E-state index contributed by atoms with van der Waals surface area (Å²) in [6.07, 6.45) is 1.79. The molecule has 1 atom stereocenters. The average molecular weight is 426 g/mol. The summed E-state index contributed by atoms with van der Waals surface area (Å²) < 4.78 is 40.7. The minimum Gasteiger partial charge on any atom is -0.337 e. The molecule has 0 radical (unpaired) electrons. The number of benzene rings is 2. The van der Waals surface area contributed by atoms with E-state index in [-0.39, 0.29) is 24.4 Å². The van der Waals surface area contributed by atoms with E-state index in [0.717, 1.165) is 6.07 Å². The molecule has 4 rings (SSSR count). The standard InChI is InChI=1S/C22H17F3N4O2/c1-11-10-26-20(28-18(11)12-2-5-14(23)6-3-12)22(31)27-17-7-4-13-8-15(24)9-16(25)19(13)29-21(17)30/h2-3,5-6,8-10,17H,4,7H2,1H3,(H,27,31)(H,29,30)/t17-/m0/s1. The van der Waals surface area contributed by atoms with Crippen LogP contribution in [0.4, 0.5) is 18.9 Å². The van der Waals surface area contributed by atoms with E-state index in [0.29, 0.717) is 28.5 Å². The number of amides is 2. The van der Waals surface area contributed by atoms with Crippen molar-refractivity contribution in [3.63, 3.8) is 0 Å². The number of carbonyl (C=O) groups is 2. The average Bonchev–Trinajstić information content (AvgIpc) is 2.88. The Kier molecular flexibility index (Phi) is 5.41. The Morgan fingerprint density at radius 1 is 1.13 bits per heavy atom. The first-order valence-corrected chi connectivity index (χ1v) is 9.51. The smallest absolute Gasteiger partial charge is 0.289 e. The molecule has 158 valence electrons. The summed E-state index contributed by atoms with van der Waals surface area (Å²) >= 11 is 0. The van der Waals surface area contributed by atoms with E-state index in [2.05, 4.69) is 20.6 Å². The molecule has 2 heterocycles. The lowest BCUT2D eigenvalue weighted by Gasteiger charge is -2.15. The van der Waals surface area contributed by atoms with Crippen LogP contribution in [-0.2, 0) is 11.2 Å². The van der Waals surface area contributed by atoms with Gasteiger partial charge in [0, 0.05) is 17.8 Å². The van der Waals surface area contributed by atoms with Crippen LogP contribution in [0.15, 0.2) is 42.6 Å². The quantitative estimate of drug-likeness (QED) is 0.671. The lowest BCUT2D eigenvalue weighted by molar-refractivity contribution is -0.118. The van der Waals surface area contributed by atoms with Gasteiger partial charge in [0.15, 0.2) is 0 Å². The van der Waals surface area contributed by atoms with E-state index < -0.39 is 35.3 Å². The number of nitrogens with one attached hydrogen (secondary N) is 2. The number of halogens is 3. The zero-order valence-corrected chi connectivity index (χ0v) is 16.4. The molecule has 0 unspecified atom stereocenters. The molecule has 0 saturated heterocycles. The summed E-state index contributed by atoms with van der Waals surface area (Å²) in [5.74, 6) is -3.50. The third kappa shape index (κ3) is 4.25. The minimum atomic E-state index is -0.985. The van der Waals surface area contributed by atoms with Crippen molar-refractivity contribution in [3.05, 3.63) is 77.0 Å². The Morgan fingerprint density at radius 3 is 2.61 bits per heavy atom. The van der Waals surface area contributed by atoms with Gasteiger partial charge >= 0.3 is 0 Å². The summed E-state index contributed by atoms with van der Waals surface area (Å²) in [4.78, 5) is 33.5. The van der Waals surface area contributed by atoms with Crippen LogP contribution in [0.5, 0.6) is 0 Å². The van der Waals surface area contributed by atoms with Gasteiger partial charge < -0.3 is 10.6 Å². The van der Waals surface area contributed by atoms with Crippen molar-refractivity contribution >= 4 is 17.5 Å². The predicted molar refractivity (Wildman–Crippen MR) is 107 cm³/mol. The number of fused-ring (bicyclic) bond motifs is 1. The Morgan fingerprint density at radius 2 is 1.87 bits per heavy atom. The minimum absolute atomic E-state index is 0.0895. The molecule has 0 saturated carbocycles. The number of carbonyl (C=O) groups excluding carboxylic acids is 2. The number of hydrogen-bond donors (Lipinski definition) is 2. The van der Waals surface area contributed by atoms with Gasteiger partial charge in [0.2, 0.25) is 11.7 Å². The molecular weight excluding hydrogens is 409 g/mol. The highest BCUT2D eigenvalue weighted by molar-refractivity contribution is 6.01. The number of nitrogens with zero attached hydrogens (tertiary/aromatic N) is 2. The summed E-state index contributed by atoms with van der Waals surface area (Å²) in [6, 6.07) is 6.50. The number of aromatic nitrogens is 2. The van der Waals surface area contributed by atoms with E-state index in [4.69, 9.17) is 0 Å². The van der Waals surface area contributed by atoms with Crippen LogP contribution in [0.3, 0.4) is 0 Å². The first kappa shape index (κ1) is 20.5. The van der Waals surface area contributed by atoms with Crippen LogP contribution in [-0.4, -0.2) is 27.8 Å². The van der Waals surface area contributed by atoms with Gasteiger partial charge in [0.25, 0.3) is 5.91 Å². The monoisotopic (exact) mass is 426 g/mol. The molecule has 0 fully saturated rings. The fourth-order valence-corrected chi connectivity index (χ4v) is 3.42. The van der Waals surface area contributed by atoms with Crippen molar-refractivity contribution in [1.82, 2.24) is 15.3 Å². The van der Waals surface area contributed by atoms with E-state index in [1.165, 1.54) is 30.5 Å². The molecule has 1 aromatic heterocycles. The lowest BCUT2D eigenvalue weighted by Crippen LogP contribution is -2.43. The van der Waals surface area contributed by atoms with Crippen LogP contribution in [0.25, 0.3) is 11.3 Å². The van der Waals surface area contributed by atoms with Gasteiger partial charge in [0.05, 0.1) is 11.4 Å². The van der Waals surface area contributed by atoms with Crippen molar-refractivity contribution in [3.8, 4) is 11.3 Å². The van der Waals surface area contributed by atoms with Gasteiger partial charge in [-0.3, -0.25) is 9.59 Å². The van der Waals surface area contributed by atoms with Crippen molar-refractivity contribution in [2.24, 2.45) is 0 Å². The lowest BCUT2D eigenvalue weighted by atomic mass is 10.1. The molecule has 2 amide bonds. The molecule has 0 spiro atoms. The Bertz CT molecular complexity index is 1180. The zero-order chi connectivity index (χ0) is 22.1. The molecule has 2 aromatic carbocycles. The number of anilines is 1. The molecule has 1 aliphatic rings. The van der Waals surface area contributed by atoms with Crippen molar-refractivity contribution < 1.29 is 22.8 Å². The van der Waals surface area contributed by atoms with Gasteiger partial charge in [-0.05, 0) is 61.2 Å². The van der Waals surface area contributed by atoms with Crippen LogP contribution in [0.1, 0.15) is 28.2 Å². The summed E-state index contributed by atoms with van der Waals surface area (Å²) in [5, 5.41) is 4.95. The first-order valence-electron chi connectivity index (χ1n) is 9.51. The Hall–Kier alpha value is -3.75. The molecule has 6 nitrogen and oxygen atoms in total. The van der Waals surface area contributed by atoms with E-state index in [1.54, 1.807) is 6.92 Å². The first-order chi connectivity index (χ1) is 14.8. The fraction of sp³-hybridized carbons (Fsp3) is 0.182. The largest absolute Gasteiger partial charge is 0.337 e. The second-order valence-electron chi connectivity index (χ2n) is 7.21. The third-order valence-electron chi connectivity index (χ3n) is 5.00. The number of rotatable bonds is 3.